The quantitative estimate of drug-likeness (QED) is 0.801. The Hall–Kier alpha value is -1.58. The number of likely N-dealkylation sites (tertiary alicyclic amines) is 1. The molecule has 0 aromatic carbocycles. The van der Waals surface area contributed by atoms with Gasteiger partial charge < -0.3 is 9.64 Å². The van der Waals surface area contributed by atoms with E-state index >= 15 is 0 Å². The van der Waals surface area contributed by atoms with Crippen LogP contribution in [-0.4, -0.2) is 35.0 Å². The fourth-order valence-corrected chi connectivity index (χ4v) is 2.09. The van der Waals surface area contributed by atoms with Crippen molar-refractivity contribution in [2.24, 2.45) is 0 Å². The molecule has 0 saturated carbocycles. The second-order valence-electron chi connectivity index (χ2n) is 4.26. The summed E-state index contributed by atoms with van der Waals surface area (Å²) in [4.78, 5) is 17.5. The molecule has 1 aromatic rings. The molecule has 4 nitrogen and oxygen atoms in total. The topological polar surface area (TPSA) is 42.4 Å². The van der Waals surface area contributed by atoms with E-state index in [1.807, 2.05) is 24.0 Å². The Morgan fingerprint density at radius 3 is 3.00 bits per heavy atom. The molecule has 0 aliphatic carbocycles. The molecule has 1 aliphatic heterocycles. The molecule has 0 spiro atoms. The molecule has 1 amide bonds. The number of nitrogens with zero attached hydrogens (tertiary/aromatic N) is 2. The van der Waals surface area contributed by atoms with Crippen molar-refractivity contribution < 1.29 is 9.53 Å². The Balaban J connectivity index is 1.92. The van der Waals surface area contributed by atoms with Gasteiger partial charge >= 0.3 is 0 Å². The largest absolute Gasteiger partial charge is 0.488 e. The number of carbonyl (C=O) groups excluding carboxylic acids is 1. The maximum absolute atomic E-state index is 11.6. The van der Waals surface area contributed by atoms with Crippen LogP contribution in [0, 0.1) is 0 Å². The number of hydrogen-bond acceptors (Lipinski definition) is 3. The van der Waals surface area contributed by atoms with Crippen molar-refractivity contribution in [3.63, 3.8) is 0 Å². The number of carbonyl (C=O) groups is 1. The van der Waals surface area contributed by atoms with Gasteiger partial charge in [0.1, 0.15) is 11.9 Å². The van der Waals surface area contributed by atoms with Crippen LogP contribution in [0.2, 0.25) is 0 Å². The first kappa shape index (κ1) is 11.9. The Labute approximate surface area is 102 Å². The van der Waals surface area contributed by atoms with Gasteiger partial charge in [-0.2, -0.15) is 0 Å². The number of ether oxygens (including phenoxy) is 1. The van der Waals surface area contributed by atoms with Crippen molar-refractivity contribution in [2.75, 3.05) is 13.1 Å². The van der Waals surface area contributed by atoms with Crippen molar-refractivity contribution in [3.05, 3.63) is 24.5 Å². The third-order valence-electron chi connectivity index (χ3n) is 2.99. The minimum absolute atomic E-state index is 0.113. The fourth-order valence-electron chi connectivity index (χ4n) is 2.09. The molecule has 2 heterocycles. The first-order valence-corrected chi connectivity index (χ1v) is 6.14. The van der Waals surface area contributed by atoms with Gasteiger partial charge in [-0.1, -0.05) is 6.92 Å². The lowest BCUT2D eigenvalue weighted by Gasteiger charge is -2.32. The van der Waals surface area contributed by atoms with Crippen molar-refractivity contribution in [3.8, 4) is 5.75 Å². The molecule has 17 heavy (non-hydrogen) atoms. The molecule has 1 aliphatic rings. The normalized spacial score (nSPS) is 20.1. The minimum Gasteiger partial charge on any atom is -0.488 e. The maximum Gasteiger partial charge on any atom is 0.222 e. The van der Waals surface area contributed by atoms with Crippen molar-refractivity contribution >= 4 is 5.91 Å². The van der Waals surface area contributed by atoms with Gasteiger partial charge in [0.15, 0.2) is 0 Å². The van der Waals surface area contributed by atoms with E-state index in [-0.39, 0.29) is 12.0 Å². The molecule has 1 atom stereocenters. The van der Waals surface area contributed by atoms with Crippen molar-refractivity contribution in [1.29, 1.82) is 0 Å². The van der Waals surface area contributed by atoms with Crippen LogP contribution in [0.25, 0.3) is 0 Å². The molecule has 2 rings (SSSR count). The van der Waals surface area contributed by atoms with Gasteiger partial charge in [0.2, 0.25) is 5.91 Å². The zero-order valence-electron chi connectivity index (χ0n) is 10.1. The minimum atomic E-state index is 0.113. The highest BCUT2D eigenvalue weighted by Gasteiger charge is 2.23. The summed E-state index contributed by atoms with van der Waals surface area (Å²) in [5.41, 5.74) is 0. The number of hydrogen-bond donors (Lipinski definition) is 0. The van der Waals surface area contributed by atoms with Crippen molar-refractivity contribution in [1.82, 2.24) is 9.88 Å². The van der Waals surface area contributed by atoms with Crippen LogP contribution in [0.4, 0.5) is 0 Å². The third kappa shape index (κ3) is 3.19. The maximum atomic E-state index is 11.6. The average Bonchev–Trinajstić information content (AvgIpc) is 2.39. The molecular weight excluding hydrogens is 216 g/mol. The van der Waals surface area contributed by atoms with Gasteiger partial charge in [-0.15, -0.1) is 0 Å². The zero-order valence-corrected chi connectivity index (χ0v) is 10.1. The molecule has 1 aromatic heterocycles. The first-order valence-electron chi connectivity index (χ1n) is 6.14. The lowest BCUT2D eigenvalue weighted by atomic mass is 10.1. The third-order valence-corrected chi connectivity index (χ3v) is 2.99. The standard InChI is InChI=1S/C13H18N2O2/c1-2-13(16)15-9-3-4-12(10-15)17-11-5-7-14-8-6-11/h5-8,12H,2-4,9-10H2,1H3. The lowest BCUT2D eigenvalue weighted by molar-refractivity contribution is -0.133. The van der Waals surface area contributed by atoms with Crippen LogP contribution < -0.4 is 4.74 Å². The summed E-state index contributed by atoms with van der Waals surface area (Å²) < 4.78 is 5.85. The molecule has 0 radical (unpaired) electrons. The van der Waals surface area contributed by atoms with Crippen LogP contribution in [0.1, 0.15) is 26.2 Å². The van der Waals surface area contributed by atoms with E-state index in [4.69, 9.17) is 4.74 Å². The fraction of sp³-hybridized carbons (Fsp3) is 0.538. The van der Waals surface area contributed by atoms with E-state index in [1.54, 1.807) is 12.4 Å². The van der Waals surface area contributed by atoms with E-state index in [2.05, 4.69) is 4.98 Å². The van der Waals surface area contributed by atoms with Gasteiger partial charge in [-0.25, -0.2) is 0 Å². The van der Waals surface area contributed by atoms with Gasteiger partial charge in [-0.3, -0.25) is 9.78 Å². The van der Waals surface area contributed by atoms with E-state index in [0.29, 0.717) is 13.0 Å². The number of piperidine rings is 1. The van der Waals surface area contributed by atoms with E-state index in [1.165, 1.54) is 0 Å². The van der Waals surface area contributed by atoms with E-state index < -0.39 is 0 Å². The smallest absolute Gasteiger partial charge is 0.222 e. The molecule has 1 saturated heterocycles. The highest BCUT2D eigenvalue weighted by atomic mass is 16.5. The highest BCUT2D eigenvalue weighted by molar-refractivity contribution is 5.75. The number of rotatable bonds is 3. The second-order valence-corrected chi connectivity index (χ2v) is 4.26. The summed E-state index contributed by atoms with van der Waals surface area (Å²) in [6, 6.07) is 3.70. The first-order chi connectivity index (χ1) is 8.29. The molecular formula is C13H18N2O2. The zero-order chi connectivity index (χ0) is 12.1. The summed E-state index contributed by atoms with van der Waals surface area (Å²) >= 11 is 0. The summed E-state index contributed by atoms with van der Waals surface area (Å²) in [6.07, 6.45) is 6.14. The molecule has 0 bridgehead atoms. The molecule has 92 valence electrons. The van der Waals surface area contributed by atoms with Crippen LogP contribution in [0.5, 0.6) is 5.75 Å². The van der Waals surface area contributed by atoms with Gasteiger partial charge in [0, 0.05) is 25.4 Å². The number of aromatic nitrogens is 1. The summed E-state index contributed by atoms with van der Waals surface area (Å²) in [6.45, 7) is 3.47. The van der Waals surface area contributed by atoms with E-state index in [9.17, 15) is 4.79 Å². The molecule has 1 unspecified atom stereocenters. The average molecular weight is 234 g/mol. The molecule has 1 fully saturated rings. The Bertz CT molecular complexity index is 367. The van der Waals surface area contributed by atoms with Gasteiger partial charge in [0.05, 0.1) is 6.54 Å². The van der Waals surface area contributed by atoms with E-state index in [0.717, 1.165) is 25.1 Å². The Morgan fingerprint density at radius 1 is 1.53 bits per heavy atom. The SMILES string of the molecule is CCC(=O)N1CCCC(Oc2ccncc2)C1. The predicted octanol–water partition coefficient (Wildman–Crippen LogP) is 1.86. The predicted molar refractivity (Wildman–Crippen MR) is 64.8 cm³/mol. The summed E-state index contributed by atoms with van der Waals surface area (Å²) in [5, 5.41) is 0. The van der Waals surface area contributed by atoms with Crippen LogP contribution in [0.15, 0.2) is 24.5 Å². The monoisotopic (exact) mass is 234 g/mol. The summed E-state index contributed by atoms with van der Waals surface area (Å²) in [7, 11) is 0. The number of pyridine rings is 1. The Morgan fingerprint density at radius 2 is 2.29 bits per heavy atom. The van der Waals surface area contributed by atoms with Gasteiger partial charge in [0.25, 0.3) is 0 Å². The lowest BCUT2D eigenvalue weighted by Crippen LogP contribution is -2.44. The van der Waals surface area contributed by atoms with Crippen LogP contribution in [-0.2, 0) is 4.79 Å². The molecule has 4 heteroatoms. The Kier molecular flexibility index (Phi) is 3.96. The highest BCUT2D eigenvalue weighted by Crippen LogP contribution is 2.18. The molecule has 0 N–H and O–H groups in total. The summed E-state index contributed by atoms with van der Waals surface area (Å²) in [5.74, 6) is 1.05. The second kappa shape index (κ2) is 5.66. The van der Waals surface area contributed by atoms with Crippen LogP contribution >= 0.6 is 0 Å². The van der Waals surface area contributed by atoms with Crippen molar-refractivity contribution in [2.45, 2.75) is 32.3 Å². The number of amides is 1. The van der Waals surface area contributed by atoms with Gasteiger partial charge in [-0.05, 0) is 25.0 Å². The van der Waals surface area contributed by atoms with Crippen LogP contribution in [0.3, 0.4) is 0 Å².